The molecule has 6 nitrogen and oxygen atoms in total. The normalized spacial score (nSPS) is 29.7. The van der Waals surface area contributed by atoms with Crippen LogP contribution < -0.4 is 0 Å². The van der Waals surface area contributed by atoms with Crippen molar-refractivity contribution in [2.45, 2.75) is 32.4 Å². The highest BCUT2D eigenvalue weighted by molar-refractivity contribution is 6.51. The Morgan fingerprint density at radius 2 is 1.83 bits per heavy atom. The zero-order valence-electron chi connectivity index (χ0n) is 10.9. The lowest BCUT2D eigenvalue weighted by Crippen LogP contribution is -2.45. The number of carbonyl (C=O) groups is 2. The first-order chi connectivity index (χ1) is 8.45. The molecule has 2 fully saturated rings. The number of hydrogen-bond acceptors (Lipinski definition) is 6. The van der Waals surface area contributed by atoms with Crippen LogP contribution in [-0.2, 0) is 23.6 Å². The number of likely N-dealkylation sites (N-methyl/N-ethyl adjacent to an activating group) is 1. The summed E-state index contributed by atoms with van der Waals surface area (Å²) < 4.78 is 15.7. The van der Waals surface area contributed by atoms with Crippen molar-refractivity contribution in [1.29, 1.82) is 0 Å². The predicted octanol–water partition coefficient (Wildman–Crippen LogP) is -0.141. The number of hydrogen-bond donors (Lipinski definition) is 0. The molecule has 0 spiro atoms. The minimum absolute atomic E-state index is 0.0211. The lowest BCUT2D eigenvalue weighted by molar-refractivity contribution is -0.145. The van der Waals surface area contributed by atoms with Crippen molar-refractivity contribution in [2.24, 2.45) is 5.92 Å². The third-order valence-corrected chi connectivity index (χ3v) is 2.89. The van der Waals surface area contributed by atoms with E-state index in [-0.39, 0.29) is 25.2 Å². The molecule has 2 saturated heterocycles. The average Bonchev–Trinajstić information content (AvgIpc) is 2.92. The first kappa shape index (κ1) is 13.4. The van der Waals surface area contributed by atoms with Crippen LogP contribution in [0.4, 0.5) is 0 Å². The average molecular weight is 255 g/mol. The van der Waals surface area contributed by atoms with E-state index in [0.717, 1.165) is 6.42 Å². The van der Waals surface area contributed by atoms with Crippen LogP contribution in [0, 0.1) is 5.92 Å². The van der Waals surface area contributed by atoms with Crippen molar-refractivity contribution in [3.63, 3.8) is 0 Å². The monoisotopic (exact) mass is 255 g/mol. The van der Waals surface area contributed by atoms with Crippen LogP contribution in [0.1, 0.15) is 20.3 Å². The van der Waals surface area contributed by atoms with Gasteiger partial charge in [-0.25, -0.2) is 0 Å². The van der Waals surface area contributed by atoms with Crippen molar-refractivity contribution in [1.82, 2.24) is 4.90 Å². The quantitative estimate of drug-likeness (QED) is 0.516. The molecule has 0 unspecified atom stereocenters. The van der Waals surface area contributed by atoms with Gasteiger partial charge in [-0.3, -0.25) is 14.5 Å². The van der Waals surface area contributed by atoms with Crippen molar-refractivity contribution in [2.75, 3.05) is 20.1 Å². The van der Waals surface area contributed by atoms with Gasteiger partial charge >= 0.3 is 19.1 Å². The van der Waals surface area contributed by atoms with Gasteiger partial charge in [0.2, 0.25) is 0 Å². The van der Waals surface area contributed by atoms with Gasteiger partial charge in [-0.2, -0.15) is 0 Å². The molecule has 18 heavy (non-hydrogen) atoms. The first-order valence-electron chi connectivity index (χ1n) is 6.18. The fraction of sp³-hybridized carbons (Fsp3) is 0.818. The molecule has 0 aromatic rings. The van der Waals surface area contributed by atoms with E-state index in [9.17, 15) is 9.59 Å². The molecule has 0 aromatic heterocycles. The molecule has 2 aliphatic rings. The van der Waals surface area contributed by atoms with Crippen molar-refractivity contribution in [3.8, 4) is 0 Å². The van der Waals surface area contributed by atoms with Crippen LogP contribution in [0.3, 0.4) is 0 Å². The molecule has 0 amide bonds. The van der Waals surface area contributed by atoms with Gasteiger partial charge < -0.3 is 14.0 Å². The van der Waals surface area contributed by atoms with Gasteiger partial charge in [0, 0.05) is 0 Å². The highest BCUT2D eigenvalue weighted by Crippen LogP contribution is 2.31. The summed E-state index contributed by atoms with van der Waals surface area (Å²) in [6.45, 7) is 4.36. The number of epoxide rings is 1. The second-order valence-corrected chi connectivity index (χ2v) is 5.29. The molecule has 2 atom stereocenters. The topological polar surface area (TPSA) is 68.4 Å². The Kier molecular flexibility index (Phi) is 3.92. The van der Waals surface area contributed by atoms with Gasteiger partial charge in [-0.15, -0.1) is 0 Å². The number of nitrogens with zero attached hydrogens (tertiary/aromatic N) is 1. The summed E-state index contributed by atoms with van der Waals surface area (Å²) in [7, 11) is 0.778. The fourth-order valence-electron chi connectivity index (χ4n) is 2.04. The fourth-order valence-corrected chi connectivity index (χ4v) is 2.04. The second kappa shape index (κ2) is 5.28. The summed E-state index contributed by atoms with van der Waals surface area (Å²) in [6, 6.07) is -0.302. The summed E-state index contributed by atoms with van der Waals surface area (Å²) in [5.41, 5.74) is 0. The van der Waals surface area contributed by atoms with E-state index in [4.69, 9.17) is 14.0 Å². The molecule has 7 heteroatoms. The van der Waals surface area contributed by atoms with Gasteiger partial charge in [0.15, 0.2) is 0 Å². The van der Waals surface area contributed by atoms with Gasteiger partial charge in [0.1, 0.15) is 6.00 Å². The minimum Gasteiger partial charge on any atom is -0.496 e. The summed E-state index contributed by atoms with van der Waals surface area (Å²) in [6.07, 6.45) is 0.892. The Balaban J connectivity index is 1.92. The van der Waals surface area contributed by atoms with Crippen LogP contribution in [0.5, 0.6) is 0 Å². The third kappa shape index (κ3) is 3.46. The number of rotatable bonds is 3. The lowest BCUT2D eigenvalue weighted by atomic mass is 9.80. The molecule has 0 radical (unpaired) electrons. The Morgan fingerprint density at radius 1 is 1.28 bits per heavy atom. The van der Waals surface area contributed by atoms with E-state index in [2.05, 4.69) is 13.8 Å². The van der Waals surface area contributed by atoms with E-state index in [0.29, 0.717) is 5.92 Å². The summed E-state index contributed by atoms with van der Waals surface area (Å²) >= 11 is 0. The summed E-state index contributed by atoms with van der Waals surface area (Å²) in [4.78, 5) is 24.6. The van der Waals surface area contributed by atoms with Crippen LogP contribution >= 0.6 is 0 Å². The van der Waals surface area contributed by atoms with E-state index < -0.39 is 19.1 Å². The smallest absolute Gasteiger partial charge is 0.496 e. The Labute approximate surface area is 107 Å². The maximum Gasteiger partial charge on any atom is 0.632 e. The van der Waals surface area contributed by atoms with E-state index >= 15 is 0 Å². The van der Waals surface area contributed by atoms with Gasteiger partial charge in [-0.1, -0.05) is 13.8 Å². The molecular formula is C11H18BNO5. The minimum atomic E-state index is -0.887. The molecule has 0 aliphatic carbocycles. The maximum atomic E-state index is 11.5. The van der Waals surface area contributed by atoms with E-state index in [1.807, 2.05) is 0 Å². The first-order valence-corrected chi connectivity index (χ1v) is 6.18. The molecule has 100 valence electrons. The molecule has 0 saturated carbocycles. The zero-order valence-corrected chi connectivity index (χ0v) is 10.9. The Morgan fingerprint density at radius 3 is 2.33 bits per heavy atom. The van der Waals surface area contributed by atoms with Crippen molar-refractivity contribution < 1.29 is 23.6 Å². The van der Waals surface area contributed by atoms with Gasteiger partial charge in [-0.05, 0) is 19.4 Å². The summed E-state index contributed by atoms with van der Waals surface area (Å²) in [5, 5.41) is 0. The van der Waals surface area contributed by atoms with Gasteiger partial charge in [0.05, 0.1) is 19.2 Å². The molecule has 0 bridgehead atoms. The third-order valence-electron chi connectivity index (χ3n) is 2.89. The van der Waals surface area contributed by atoms with Crippen LogP contribution in [0.15, 0.2) is 0 Å². The van der Waals surface area contributed by atoms with Crippen LogP contribution in [-0.4, -0.2) is 56.2 Å². The SMILES string of the molecule is CC(C)C[C@H]1O[C@@H]1B1OC(=O)CN(C)CC(=O)O1. The van der Waals surface area contributed by atoms with Gasteiger partial charge in [0.25, 0.3) is 0 Å². The van der Waals surface area contributed by atoms with Crippen LogP contribution in [0.2, 0.25) is 0 Å². The van der Waals surface area contributed by atoms with Crippen LogP contribution in [0.25, 0.3) is 0 Å². The Bertz CT molecular complexity index is 328. The molecule has 0 aromatic carbocycles. The second-order valence-electron chi connectivity index (χ2n) is 5.29. The number of carbonyl (C=O) groups excluding carboxylic acids is 2. The highest BCUT2D eigenvalue weighted by atomic mass is 16.7. The van der Waals surface area contributed by atoms with E-state index in [1.54, 1.807) is 11.9 Å². The highest BCUT2D eigenvalue weighted by Gasteiger charge is 2.55. The number of ether oxygens (including phenoxy) is 1. The largest absolute Gasteiger partial charge is 0.632 e. The molecule has 2 rings (SSSR count). The molecule has 2 aliphatic heterocycles. The maximum absolute atomic E-state index is 11.5. The standard InChI is InChI=1S/C11H18BNO5/c1-7(2)4-8-11(16-8)12-17-9(14)5-13(3)6-10(15)18-12/h7-8,11H,4-6H2,1-3H3/t8-,11+/m1/s1. The summed E-state index contributed by atoms with van der Waals surface area (Å²) in [5.74, 6) is -0.298. The predicted molar refractivity (Wildman–Crippen MR) is 63.6 cm³/mol. The molecular weight excluding hydrogens is 237 g/mol. The van der Waals surface area contributed by atoms with E-state index in [1.165, 1.54) is 0 Å². The van der Waals surface area contributed by atoms with Crippen molar-refractivity contribution >= 4 is 19.1 Å². The molecule has 0 N–H and O–H groups in total. The molecule has 2 heterocycles. The zero-order chi connectivity index (χ0) is 13.3. The lowest BCUT2D eigenvalue weighted by Gasteiger charge is -2.21. The Hall–Kier alpha value is -1.08. The van der Waals surface area contributed by atoms with Crippen molar-refractivity contribution in [3.05, 3.63) is 0 Å².